The quantitative estimate of drug-likeness (QED) is 0.637. The zero-order valence-corrected chi connectivity index (χ0v) is 18.9. The second-order valence-electron chi connectivity index (χ2n) is 7.67. The summed E-state index contributed by atoms with van der Waals surface area (Å²) in [6.07, 6.45) is 0. The zero-order chi connectivity index (χ0) is 22.3. The number of amides is 2. The van der Waals surface area contributed by atoms with Gasteiger partial charge in [0.05, 0.1) is 13.2 Å². The first-order chi connectivity index (χ1) is 14.2. The number of ether oxygens (including phenoxy) is 1. The summed E-state index contributed by atoms with van der Waals surface area (Å²) in [5, 5.41) is 6.47. The van der Waals surface area contributed by atoms with Crippen molar-refractivity contribution in [3.05, 3.63) is 64.7 Å². The second-order valence-corrected chi connectivity index (χ2v) is 8.08. The van der Waals surface area contributed by atoms with Crippen molar-refractivity contribution >= 4 is 23.4 Å². The van der Waals surface area contributed by atoms with Crippen LogP contribution in [-0.2, 0) is 4.79 Å². The van der Waals surface area contributed by atoms with Crippen molar-refractivity contribution in [2.45, 2.75) is 25.9 Å². The molecule has 2 atom stereocenters. The van der Waals surface area contributed by atoms with Crippen LogP contribution in [0.25, 0.3) is 0 Å². The van der Waals surface area contributed by atoms with E-state index in [0.29, 0.717) is 22.9 Å². The van der Waals surface area contributed by atoms with E-state index in [-0.39, 0.29) is 23.8 Å². The second kappa shape index (κ2) is 11.0. The van der Waals surface area contributed by atoms with Crippen LogP contribution in [0.3, 0.4) is 0 Å². The third kappa shape index (κ3) is 6.21. The molecule has 0 bridgehead atoms. The molecule has 2 N–H and O–H groups in total. The Bertz CT molecular complexity index is 853. The lowest BCUT2D eigenvalue weighted by Crippen LogP contribution is -2.51. The van der Waals surface area contributed by atoms with Crippen molar-refractivity contribution in [2.75, 3.05) is 27.7 Å². The number of benzene rings is 2. The number of hydrogen-bond donors (Lipinski definition) is 2. The average Bonchev–Trinajstić information content (AvgIpc) is 2.72. The summed E-state index contributed by atoms with van der Waals surface area (Å²) in [5.74, 6) is 0.0526. The molecule has 0 fully saturated rings. The molecule has 0 spiro atoms. The van der Waals surface area contributed by atoms with E-state index in [1.165, 1.54) is 0 Å². The summed E-state index contributed by atoms with van der Waals surface area (Å²) in [6, 6.07) is 13.6. The minimum atomic E-state index is -0.659. The van der Waals surface area contributed by atoms with Crippen LogP contribution in [-0.4, -0.2) is 50.5 Å². The molecule has 0 aliphatic carbocycles. The van der Waals surface area contributed by atoms with Gasteiger partial charge in [0.1, 0.15) is 11.8 Å². The molecule has 7 heteroatoms. The number of likely N-dealkylation sites (N-methyl/N-ethyl adjacent to an activating group) is 1. The van der Waals surface area contributed by atoms with Crippen LogP contribution in [0.4, 0.5) is 0 Å². The monoisotopic (exact) mass is 431 g/mol. The van der Waals surface area contributed by atoms with E-state index in [9.17, 15) is 9.59 Å². The summed E-state index contributed by atoms with van der Waals surface area (Å²) >= 11 is 6.34. The molecule has 0 radical (unpaired) electrons. The molecule has 2 amide bonds. The van der Waals surface area contributed by atoms with Gasteiger partial charge in [0.2, 0.25) is 5.91 Å². The van der Waals surface area contributed by atoms with E-state index in [1.54, 1.807) is 31.4 Å². The maximum atomic E-state index is 12.9. The van der Waals surface area contributed by atoms with Crippen LogP contribution < -0.4 is 15.4 Å². The van der Waals surface area contributed by atoms with Gasteiger partial charge in [-0.3, -0.25) is 9.59 Å². The van der Waals surface area contributed by atoms with Crippen LogP contribution in [0, 0.1) is 5.92 Å². The molecule has 0 saturated heterocycles. The van der Waals surface area contributed by atoms with Gasteiger partial charge in [-0.1, -0.05) is 43.6 Å². The summed E-state index contributed by atoms with van der Waals surface area (Å²) in [5.41, 5.74) is 1.41. The highest BCUT2D eigenvalue weighted by Gasteiger charge is 2.26. The van der Waals surface area contributed by atoms with Crippen LogP contribution in [0.2, 0.25) is 5.02 Å². The predicted octanol–water partition coefficient (Wildman–Crippen LogP) is 3.52. The maximum absolute atomic E-state index is 12.9. The Labute approximate surface area is 183 Å². The van der Waals surface area contributed by atoms with E-state index in [4.69, 9.17) is 16.3 Å². The Morgan fingerprint density at radius 3 is 2.23 bits per heavy atom. The lowest BCUT2D eigenvalue weighted by atomic mass is 10.0. The molecule has 0 aromatic heterocycles. The van der Waals surface area contributed by atoms with Gasteiger partial charge in [-0.2, -0.15) is 0 Å². The van der Waals surface area contributed by atoms with E-state index in [2.05, 4.69) is 10.6 Å². The number of nitrogens with zero attached hydrogens (tertiary/aromatic N) is 1. The van der Waals surface area contributed by atoms with Crippen LogP contribution in [0.1, 0.15) is 35.8 Å². The van der Waals surface area contributed by atoms with Crippen molar-refractivity contribution in [1.82, 2.24) is 15.5 Å². The molecular formula is C23H30ClN3O3. The SMILES string of the molecule is COc1ccc(C(=O)N[C@@H](C(=O)NC[C@H](c2ccccc2Cl)N(C)C)C(C)C)cc1. The Morgan fingerprint density at radius 1 is 1.07 bits per heavy atom. The largest absolute Gasteiger partial charge is 0.497 e. The molecule has 0 saturated carbocycles. The molecule has 162 valence electrons. The molecule has 2 aromatic rings. The summed E-state index contributed by atoms with van der Waals surface area (Å²) in [6.45, 7) is 4.17. The lowest BCUT2D eigenvalue weighted by molar-refractivity contribution is -0.124. The number of carbonyl (C=O) groups is 2. The van der Waals surface area contributed by atoms with E-state index in [1.807, 2.05) is 57.1 Å². The number of carbonyl (C=O) groups excluding carboxylic acids is 2. The summed E-state index contributed by atoms with van der Waals surface area (Å²) < 4.78 is 5.12. The van der Waals surface area contributed by atoms with Crippen molar-refractivity contribution < 1.29 is 14.3 Å². The standard InChI is InChI=1S/C23H30ClN3O3/c1-15(2)21(26-22(28)16-10-12-17(30-5)13-11-16)23(29)25-14-20(27(3)4)18-8-6-7-9-19(18)24/h6-13,15,20-21H,14H2,1-5H3,(H,25,29)(H,26,28)/t20-,21-/m1/s1. The van der Waals surface area contributed by atoms with Gasteiger partial charge >= 0.3 is 0 Å². The maximum Gasteiger partial charge on any atom is 0.251 e. The number of nitrogens with one attached hydrogen (secondary N) is 2. The Hall–Kier alpha value is -2.57. The molecule has 0 heterocycles. The number of methoxy groups -OCH3 is 1. The van der Waals surface area contributed by atoms with Crippen molar-refractivity contribution in [2.24, 2.45) is 5.92 Å². The van der Waals surface area contributed by atoms with E-state index < -0.39 is 6.04 Å². The number of hydrogen-bond acceptors (Lipinski definition) is 4. The van der Waals surface area contributed by atoms with E-state index in [0.717, 1.165) is 5.56 Å². The fourth-order valence-electron chi connectivity index (χ4n) is 3.13. The van der Waals surface area contributed by atoms with Crippen molar-refractivity contribution in [3.63, 3.8) is 0 Å². The first kappa shape index (κ1) is 23.7. The van der Waals surface area contributed by atoms with Crippen LogP contribution in [0.15, 0.2) is 48.5 Å². The third-order valence-electron chi connectivity index (χ3n) is 4.95. The highest BCUT2D eigenvalue weighted by Crippen LogP contribution is 2.25. The van der Waals surface area contributed by atoms with Crippen molar-refractivity contribution in [3.8, 4) is 5.75 Å². The molecule has 30 heavy (non-hydrogen) atoms. The minimum Gasteiger partial charge on any atom is -0.497 e. The normalized spacial score (nSPS) is 13.1. The molecular weight excluding hydrogens is 402 g/mol. The van der Waals surface area contributed by atoms with Gasteiger partial charge in [-0.15, -0.1) is 0 Å². The van der Waals surface area contributed by atoms with Gasteiger partial charge < -0.3 is 20.3 Å². The fourth-order valence-corrected chi connectivity index (χ4v) is 3.39. The predicted molar refractivity (Wildman–Crippen MR) is 120 cm³/mol. The van der Waals surface area contributed by atoms with Crippen molar-refractivity contribution in [1.29, 1.82) is 0 Å². The zero-order valence-electron chi connectivity index (χ0n) is 18.1. The van der Waals surface area contributed by atoms with Crippen LogP contribution in [0.5, 0.6) is 5.75 Å². The lowest BCUT2D eigenvalue weighted by Gasteiger charge is -2.28. The molecule has 2 rings (SSSR count). The first-order valence-electron chi connectivity index (χ1n) is 9.88. The summed E-state index contributed by atoms with van der Waals surface area (Å²) in [4.78, 5) is 27.5. The Balaban J connectivity index is 2.07. The highest BCUT2D eigenvalue weighted by molar-refractivity contribution is 6.31. The van der Waals surface area contributed by atoms with Gasteiger partial charge in [-0.05, 0) is 55.9 Å². The van der Waals surface area contributed by atoms with Gasteiger partial charge in [-0.25, -0.2) is 0 Å². The molecule has 6 nitrogen and oxygen atoms in total. The number of halogens is 1. The minimum absolute atomic E-state index is 0.0784. The molecule has 0 aliphatic rings. The number of rotatable bonds is 9. The highest BCUT2D eigenvalue weighted by atomic mass is 35.5. The van der Waals surface area contributed by atoms with Crippen LogP contribution >= 0.6 is 11.6 Å². The average molecular weight is 432 g/mol. The smallest absolute Gasteiger partial charge is 0.251 e. The summed E-state index contributed by atoms with van der Waals surface area (Å²) in [7, 11) is 5.44. The van der Waals surface area contributed by atoms with E-state index >= 15 is 0 Å². The molecule has 0 aliphatic heterocycles. The topological polar surface area (TPSA) is 70.7 Å². The molecule has 0 unspecified atom stereocenters. The third-order valence-corrected chi connectivity index (χ3v) is 5.29. The fraction of sp³-hybridized carbons (Fsp3) is 0.391. The Morgan fingerprint density at radius 2 is 1.70 bits per heavy atom. The molecule has 2 aromatic carbocycles. The Kier molecular flexibility index (Phi) is 8.69. The van der Waals surface area contributed by atoms with Gasteiger partial charge in [0.25, 0.3) is 5.91 Å². The van der Waals surface area contributed by atoms with Gasteiger partial charge in [0.15, 0.2) is 0 Å². The van der Waals surface area contributed by atoms with Gasteiger partial charge in [0, 0.05) is 17.1 Å². The first-order valence-corrected chi connectivity index (χ1v) is 10.3.